The molecule has 1 unspecified atom stereocenters. The Labute approximate surface area is 173 Å². The Morgan fingerprint density at radius 1 is 1.27 bits per heavy atom. The van der Waals surface area contributed by atoms with E-state index < -0.39 is 6.10 Å². The molecule has 0 aliphatic heterocycles. The minimum Gasteiger partial charge on any atom is -0.494 e. The summed E-state index contributed by atoms with van der Waals surface area (Å²) < 4.78 is 11.1. The summed E-state index contributed by atoms with van der Waals surface area (Å²) in [6, 6.07) is 7.91. The van der Waals surface area contributed by atoms with Gasteiger partial charge in [0.15, 0.2) is 5.96 Å². The second kappa shape index (κ2) is 13.2. The number of halogens is 1. The molecule has 1 aromatic carbocycles. The molecule has 1 fully saturated rings. The summed E-state index contributed by atoms with van der Waals surface area (Å²) in [6.07, 6.45) is 1.97. The first-order chi connectivity index (χ1) is 12.2. The van der Waals surface area contributed by atoms with Gasteiger partial charge < -0.3 is 25.2 Å². The van der Waals surface area contributed by atoms with Crippen LogP contribution >= 0.6 is 24.0 Å². The number of hydrogen-bond acceptors (Lipinski definition) is 4. The SMILES string of the molecule is CCNC(=NCc1ccccc1OCC)NCC(O)COCC1CC1.I. The van der Waals surface area contributed by atoms with Gasteiger partial charge >= 0.3 is 0 Å². The molecule has 0 spiro atoms. The molecule has 3 N–H and O–H groups in total. The highest BCUT2D eigenvalue weighted by Gasteiger charge is 2.21. The maximum Gasteiger partial charge on any atom is 0.191 e. The molecule has 0 bridgehead atoms. The molecule has 0 aromatic heterocycles. The highest BCUT2D eigenvalue weighted by atomic mass is 127. The van der Waals surface area contributed by atoms with Crippen LogP contribution in [0.25, 0.3) is 0 Å². The maximum atomic E-state index is 10.0. The third-order valence-electron chi connectivity index (χ3n) is 3.89. The van der Waals surface area contributed by atoms with Crippen molar-refractivity contribution in [3.63, 3.8) is 0 Å². The zero-order valence-corrected chi connectivity index (χ0v) is 18.1. The van der Waals surface area contributed by atoms with Crippen LogP contribution in [0.2, 0.25) is 0 Å². The average molecular weight is 477 g/mol. The van der Waals surface area contributed by atoms with E-state index in [9.17, 15) is 5.11 Å². The van der Waals surface area contributed by atoms with Crippen molar-refractivity contribution in [2.75, 3.05) is 32.9 Å². The summed E-state index contributed by atoms with van der Waals surface area (Å²) in [4.78, 5) is 4.58. The van der Waals surface area contributed by atoms with Crippen LogP contribution in [0.3, 0.4) is 0 Å². The topological polar surface area (TPSA) is 75.1 Å². The van der Waals surface area contributed by atoms with E-state index in [1.165, 1.54) is 12.8 Å². The molecular weight excluding hydrogens is 445 g/mol. The standard InChI is InChI=1S/C19H31N3O3.HI/c1-3-20-19(22-12-17(23)14-24-13-15-9-10-15)21-11-16-7-5-6-8-18(16)25-4-2;/h5-8,15,17,23H,3-4,9-14H2,1-2H3,(H2,20,21,22);1H. The largest absolute Gasteiger partial charge is 0.494 e. The summed E-state index contributed by atoms with van der Waals surface area (Å²) in [5.74, 6) is 2.25. The van der Waals surface area contributed by atoms with E-state index in [1.807, 2.05) is 38.1 Å². The minimum absolute atomic E-state index is 0. The fraction of sp³-hybridized carbons (Fsp3) is 0.632. The molecule has 26 heavy (non-hydrogen) atoms. The molecule has 1 saturated carbocycles. The lowest BCUT2D eigenvalue weighted by atomic mass is 10.2. The summed E-state index contributed by atoms with van der Waals surface area (Å²) in [5.41, 5.74) is 1.04. The summed E-state index contributed by atoms with van der Waals surface area (Å²) >= 11 is 0. The van der Waals surface area contributed by atoms with Crippen LogP contribution in [0.4, 0.5) is 0 Å². The number of hydrogen-bond donors (Lipinski definition) is 3. The Morgan fingerprint density at radius 2 is 2.04 bits per heavy atom. The van der Waals surface area contributed by atoms with Crippen molar-refractivity contribution in [3.05, 3.63) is 29.8 Å². The van der Waals surface area contributed by atoms with Crippen molar-refractivity contribution in [1.82, 2.24) is 10.6 Å². The van der Waals surface area contributed by atoms with Crippen LogP contribution in [-0.2, 0) is 11.3 Å². The second-order valence-corrected chi connectivity index (χ2v) is 6.25. The van der Waals surface area contributed by atoms with Gasteiger partial charge in [0.1, 0.15) is 5.75 Å². The van der Waals surface area contributed by atoms with Crippen molar-refractivity contribution >= 4 is 29.9 Å². The third-order valence-corrected chi connectivity index (χ3v) is 3.89. The number of benzene rings is 1. The quantitative estimate of drug-likeness (QED) is 0.260. The fourth-order valence-electron chi connectivity index (χ4n) is 2.37. The summed E-state index contributed by atoms with van der Waals surface area (Å²) in [6.45, 7) is 7.41. The number of para-hydroxylation sites is 1. The molecule has 1 aliphatic carbocycles. The van der Waals surface area contributed by atoms with Crippen LogP contribution in [0.5, 0.6) is 5.75 Å². The van der Waals surface area contributed by atoms with Crippen molar-refractivity contribution < 1.29 is 14.6 Å². The van der Waals surface area contributed by atoms with Gasteiger partial charge in [-0.25, -0.2) is 4.99 Å². The van der Waals surface area contributed by atoms with Gasteiger partial charge in [0.05, 0.1) is 25.9 Å². The minimum atomic E-state index is -0.543. The van der Waals surface area contributed by atoms with Crippen molar-refractivity contribution in [2.45, 2.75) is 39.3 Å². The first kappa shape index (κ1) is 23.0. The molecule has 6 nitrogen and oxygen atoms in total. The van der Waals surface area contributed by atoms with Gasteiger partial charge in [-0.05, 0) is 38.7 Å². The van der Waals surface area contributed by atoms with Crippen molar-refractivity contribution in [3.8, 4) is 5.75 Å². The van der Waals surface area contributed by atoms with Gasteiger partial charge in [-0.3, -0.25) is 0 Å². The molecule has 0 saturated heterocycles. The number of nitrogens with zero attached hydrogens (tertiary/aromatic N) is 1. The van der Waals surface area contributed by atoms with Gasteiger partial charge in [0.25, 0.3) is 0 Å². The third kappa shape index (κ3) is 9.05. The summed E-state index contributed by atoms with van der Waals surface area (Å²) in [7, 11) is 0. The highest BCUT2D eigenvalue weighted by molar-refractivity contribution is 14.0. The Kier molecular flexibility index (Phi) is 11.6. The Morgan fingerprint density at radius 3 is 2.73 bits per heavy atom. The van der Waals surface area contributed by atoms with E-state index in [1.54, 1.807) is 0 Å². The fourth-order valence-corrected chi connectivity index (χ4v) is 2.37. The van der Waals surface area contributed by atoms with E-state index in [2.05, 4.69) is 15.6 Å². The zero-order valence-electron chi connectivity index (χ0n) is 15.7. The van der Waals surface area contributed by atoms with Gasteiger partial charge in [0.2, 0.25) is 0 Å². The van der Waals surface area contributed by atoms with Gasteiger partial charge in [-0.2, -0.15) is 0 Å². The molecular formula is C19H32IN3O3. The lowest BCUT2D eigenvalue weighted by molar-refractivity contribution is 0.0345. The molecule has 7 heteroatoms. The number of aliphatic hydroxyl groups is 1. The molecule has 0 amide bonds. The van der Waals surface area contributed by atoms with E-state index in [4.69, 9.17) is 9.47 Å². The Hall–Kier alpha value is -1.06. The monoisotopic (exact) mass is 477 g/mol. The first-order valence-electron chi connectivity index (χ1n) is 9.21. The Bertz CT molecular complexity index is 539. The molecule has 0 heterocycles. The van der Waals surface area contributed by atoms with Gasteiger partial charge in [-0.15, -0.1) is 24.0 Å². The highest BCUT2D eigenvalue weighted by Crippen LogP contribution is 2.28. The normalized spacial score (nSPS) is 15.1. The predicted octanol–water partition coefficient (Wildman–Crippen LogP) is 2.55. The predicted molar refractivity (Wildman–Crippen MR) is 115 cm³/mol. The molecule has 1 atom stereocenters. The lowest BCUT2D eigenvalue weighted by Gasteiger charge is -2.16. The van der Waals surface area contributed by atoms with E-state index >= 15 is 0 Å². The molecule has 1 aliphatic rings. The number of ether oxygens (including phenoxy) is 2. The first-order valence-corrected chi connectivity index (χ1v) is 9.21. The Balaban J connectivity index is 0.00000338. The number of aliphatic hydroxyl groups excluding tert-OH is 1. The van der Waals surface area contributed by atoms with E-state index in [-0.39, 0.29) is 24.0 Å². The second-order valence-electron chi connectivity index (χ2n) is 6.25. The smallest absolute Gasteiger partial charge is 0.191 e. The van der Waals surface area contributed by atoms with Crippen LogP contribution in [0.15, 0.2) is 29.3 Å². The van der Waals surface area contributed by atoms with Crippen LogP contribution in [0.1, 0.15) is 32.3 Å². The number of nitrogens with one attached hydrogen (secondary N) is 2. The molecule has 0 radical (unpaired) electrons. The summed E-state index contributed by atoms with van der Waals surface area (Å²) in [5, 5.41) is 16.4. The van der Waals surface area contributed by atoms with E-state index in [0.717, 1.165) is 24.5 Å². The van der Waals surface area contributed by atoms with Crippen LogP contribution in [0, 0.1) is 5.92 Å². The lowest BCUT2D eigenvalue weighted by Crippen LogP contribution is -2.42. The van der Waals surface area contributed by atoms with Crippen molar-refractivity contribution in [1.29, 1.82) is 0 Å². The molecule has 1 aromatic rings. The van der Waals surface area contributed by atoms with Crippen molar-refractivity contribution in [2.24, 2.45) is 10.9 Å². The maximum absolute atomic E-state index is 10.0. The number of guanidine groups is 1. The van der Waals surface area contributed by atoms with Crippen LogP contribution < -0.4 is 15.4 Å². The number of rotatable bonds is 11. The molecule has 148 valence electrons. The van der Waals surface area contributed by atoms with Gasteiger partial charge in [0, 0.05) is 25.3 Å². The average Bonchev–Trinajstić information content (AvgIpc) is 3.43. The van der Waals surface area contributed by atoms with Crippen LogP contribution in [-0.4, -0.2) is 50.1 Å². The zero-order chi connectivity index (χ0) is 17.9. The molecule has 2 rings (SSSR count). The number of aliphatic imine (C=N–C) groups is 1. The van der Waals surface area contributed by atoms with Gasteiger partial charge in [-0.1, -0.05) is 18.2 Å². The van der Waals surface area contributed by atoms with E-state index in [0.29, 0.717) is 38.2 Å².